The summed E-state index contributed by atoms with van der Waals surface area (Å²) in [5.41, 5.74) is -0.555. The van der Waals surface area contributed by atoms with Gasteiger partial charge >= 0.3 is 5.97 Å². The first-order chi connectivity index (χ1) is 12.8. The van der Waals surface area contributed by atoms with Crippen LogP contribution < -0.4 is 0 Å². The smallest absolute Gasteiger partial charge is 0.328 e. The molecule has 27 heavy (non-hydrogen) atoms. The molecule has 2 aromatic rings. The van der Waals surface area contributed by atoms with Gasteiger partial charge in [-0.25, -0.2) is 12.8 Å². The molecule has 0 amide bonds. The third kappa shape index (κ3) is 3.00. The van der Waals surface area contributed by atoms with E-state index in [2.05, 4.69) is 0 Å². The Hall–Kier alpha value is -2.72. The first kappa shape index (κ1) is 19.1. The lowest BCUT2D eigenvalue weighted by Crippen LogP contribution is -2.25. The summed E-state index contributed by atoms with van der Waals surface area (Å²) in [5, 5.41) is 8.49. The van der Waals surface area contributed by atoms with Crippen molar-refractivity contribution in [2.45, 2.75) is 29.9 Å². The molecule has 2 aromatic carbocycles. The number of hydrogen-bond acceptors (Lipinski definition) is 5. The van der Waals surface area contributed by atoms with Gasteiger partial charge in [0.2, 0.25) is 0 Å². The predicted octanol–water partition coefficient (Wildman–Crippen LogP) is 3.15. The molecule has 0 spiro atoms. The first-order valence-corrected chi connectivity index (χ1v) is 9.98. The molecule has 1 aliphatic rings. The van der Waals surface area contributed by atoms with Crippen molar-refractivity contribution in [2.75, 3.05) is 6.61 Å². The Labute approximate surface area is 157 Å². The van der Waals surface area contributed by atoms with Gasteiger partial charge in [-0.1, -0.05) is 29.8 Å². The van der Waals surface area contributed by atoms with Gasteiger partial charge in [-0.05, 0) is 43.7 Å². The zero-order valence-corrected chi connectivity index (χ0v) is 15.7. The SMILES string of the molecule is CCOC(=O)[C@]1(C#N)[C@H](c2ccc(F)cc2)[C@H]1S(=O)(=O)c1ccc(C)cc1. The molecule has 1 aliphatic carbocycles. The Morgan fingerprint density at radius 3 is 2.30 bits per heavy atom. The minimum Gasteiger partial charge on any atom is -0.465 e. The van der Waals surface area contributed by atoms with Crippen LogP contribution in [0.4, 0.5) is 4.39 Å². The quantitative estimate of drug-likeness (QED) is 0.736. The van der Waals surface area contributed by atoms with Crippen molar-refractivity contribution >= 4 is 15.8 Å². The van der Waals surface area contributed by atoms with Gasteiger partial charge in [0, 0.05) is 5.92 Å². The molecular formula is C20H18FNO4S. The van der Waals surface area contributed by atoms with E-state index in [0.717, 1.165) is 5.56 Å². The van der Waals surface area contributed by atoms with Crippen molar-refractivity contribution in [2.24, 2.45) is 5.41 Å². The summed E-state index contributed by atoms with van der Waals surface area (Å²) >= 11 is 0. The zero-order valence-electron chi connectivity index (χ0n) is 14.8. The largest absolute Gasteiger partial charge is 0.465 e. The van der Waals surface area contributed by atoms with E-state index in [1.807, 2.05) is 13.0 Å². The Kier molecular flexibility index (Phi) is 4.79. The van der Waals surface area contributed by atoms with Gasteiger partial charge in [-0.2, -0.15) is 5.26 Å². The predicted molar refractivity (Wildman–Crippen MR) is 96.0 cm³/mol. The number of nitrogens with zero attached hydrogens (tertiary/aromatic N) is 1. The summed E-state index contributed by atoms with van der Waals surface area (Å²) in [6.45, 7) is 3.43. The van der Waals surface area contributed by atoms with Gasteiger partial charge in [-0.15, -0.1) is 0 Å². The Bertz CT molecular complexity index is 1010. The van der Waals surface area contributed by atoms with Crippen LogP contribution in [0.3, 0.4) is 0 Å². The molecule has 0 aromatic heterocycles. The number of carbonyl (C=O) groups excluding carboxylic acids is 1. The monoisotopic (exact) mass is 387 g/mol. The maximum atomic E-state index is 13.3. The van der Waals surface area contributed by atoms with Crippen LogP contribution in [0.5, 0.6) is 0 Å². The van der Waals surface area contributed by atoms with Crippen molar-refractivity contribution < 1.29 is 22.3 Å². The van der Waals surface area contributed by atoms with Crippen LogP contribution in [0.15, 0.2) is 53.4 Å². The lowest BCUT2D eigenvalue weighted by Gasteiger charge is -2.09. The number of sulfone groups is 1. The average molecular weight is 387 g/mol. The maximum absolute atomic E-state index is 13.3. The highest BCUT2D eigenvalue weighted by molar-refractivity contribution is 7.92. The summed E-state index contributed by atoms with van der Waals surface area (Å²) < 4.78 is 44.7. The van der Waals surface area contributed by atoms with E-state index in [1.54, 1.807) is 19.1 Å². The minimum absolute atomic E-state index is 0.0235. The average Bonchev–Trinajstić information content (AvgIpc) is 3.34. The Morgan fingerprint density at radius 1 is 1.19 bits per heavy atom. The number of hydrogen-bond donors (Lipinski definition) is 0. The molecule has 3 atom stereocenters. The standard InChI is InChI=1S/C20H18FNO4S/c1-3-26-19(23)20(12-22)17(14-6-8-15(21)9-7-14)18(20)27(24,25)16-10-4-13(2)5-11-16/h4-11,17-18H,3H2,1-2H3/t17-,18-,20-/m1/s1. The second kappa shape index (κ2) is 6.78. The van der Waals surface area contributed by atoms with Crippen molar-refractivity contribution in [1.82, 2.24) is 0 Å². The lowest BCUT2D eigenvalue weighted by atomic mass is 10.0. The molecular weight excluding hydrogens is 369 g/mol. The number of rotatable bonds is 5. The lowest BCUT2D eigenvalue weighted by molar-refractivity contribution is -0.147. The molecule has 1 fully saturated rings. The second-order valence-electron chi connectivity index (χ2n) is 6.51. The van der Waals surface area contributed by atoms with Gasteiger partial charge in [0.25, 0.3) is 0 Å². The topological polar surface area (TPSA) is 84.2 Å². The Morgan fingerprint density at radius 2 is 1.78 bits per heavy atom. The van der Waals surface area contributed by atoms with Gasteiger partial charge in [0.05, 0.1) is 17.6 Å². The Balaban J connectivity index is 2.12. The van der Waals surface area contributed by atoms with E-state index in [9.17, 15) is 22.9 Å². The molecule has 0 N–H and O–H groups in total. The van der Waals surface area contributed by atoms with Crippen molar-refractivity contribution in [1.29, 1.82) is 5.26 Å². The molecule has 0 unspecified atom stereocenters. The van der Waals surface area contributed by atoms with E-state index >= 15 is 0 Å². The van der Waals surface area contributed by atoms with Crippen molar-refractivity contribution in [3.63, 3.8) is 0 Å². The summed E-state index contributed by atoms with van der Waals surface area (Å²) in [5.74, 6) is -2.29. The number of benzene rings is 2. The molecule has 140 valence electrons. The van der Waals surface area contributed by atoms with Gasteiger partial charge in [-0.3, -0.25) is 4.79 Å². The van der Waals surface area contributed by atoms with E-state index < -0.39 is 38.2 Å². The highest BCUT2D eigenvalue weighted by atomic mass is 32.2. The molecule has 5 nitrogen and oxygen atoms in total. The molecule has 7 heteroatoms. The van der Waals surface area contributed by atoms with Crippen LogP contribution in [0.2, 0.25) is 0 Å². The van der Waals surface area contributed by atoms with Gasteiger partial charge in [0.15, 0.2) is 15.3 Å². The fraction of sp³-hybridized carbons (Fsp3) is 0.300. The number of halogens is 1. The summed E-state index contributed by atoms with van der Waals surface area (Å²) in [6.07, 6.45) is 0. The van der Waals surface area contributed by atoms with E-state index in [0.29, 0.717) is 5.56 Å². The van der Waals surface area contributed by atoms with E-state index in [1.165, 1.54) is 36.4 Å². The van der Waals surface area contributed by atoms with Crippen LogP contribution in [-0.4, -0.2) is 26.2 Å². The molecule has 0 radical (unpaired) electrons. The van der Waals surface area contributed by atoms with Crippen molar-refractivity contribution in [3.05, 3.63) is 65.5 Å². The number of esters is 1. The summed E-state index contributed by atoms with van der Waals surface area (Å²) in [7, 11) is -3.99. The summed E-state index contributed by atoms with van der Waals surface area (Å²) in [4.78, 5) is 12.6. The molecule has 0 saturated heterocycles. The van der Waals surface area contributed by atoms with E-state index in [-0.39, 0.29) is 11.5 Å². The zero-order chi connectivity index (χ0) is 19.8. The van der Waals surface area contributed by atoms with Crippen LogP contribution in [-0.2, 0) is 19.4 Å². The van der Waals surface area contributed by atoms with Gasteiger partial charge < -0.3 is 4.74 Å². The van der Waals surface area contributed by atoms with Crippen LogP contribution in [0, 0.1) is 29.5 Å². The third-order valence-electron chi connectivity index (χ3n) is 4.84. The highest BCUT2D eigenvalue weighted by Gasteiger charge is 2.77. The van der Waals surface area contributed by atoms with E-state index in [4.69, 9.17) is 4.74 Å². The fourth-order valence-electron chi connectivity index (χ4n) is 3.43. The van der Waals surface area contributed by atoms with Gasteiger partial charge in [0.1, 0.15) is 11.1 Å². The molecule has 0 heterocycles. The third-order valence-corrected chi connectivity index (χ3v) is 7.09. The highest BCUT2D eigenvalue weighted by Crippen LogP contribution is 2.64. The minimum atomic E-state index is -3.99. The molecule has 0 bridgehead atoms. The molecule has 1 saturated carbocycles. The second-order valence-corrected chi connectivity index (χ2v) is 8.58. The number of carbonyl (C=O) groups is 1. The fourth-order valence-corrected chi connectivity index (χ4v) is 5.68. The molecule has 3 rings (SSSR count). The first-order valence-electron chi connectivity index (χ1n) is 8.43. The van der Waals surface area contributed by atoms with Crippen LogP contribution in [0.25, 0.3) is 0 Å². The normalized spacial score (nSPS) is 24.1. The molecule has 0 aliphatic heterocycles. The number of aryl methyl sites for hydroxylation is 1. The number of ether oxygens (including phenoxy) is 1. The van der Waals surface area contributed by atoms with Crippen molar-refractivity contribution in [3.8, 4) is 6.07 Å². The van der Waals surface area contributed by atoms with Crippen LogP contribution in [0.1, 0.15) is 24.0 Å². The number of nitriles is 1. The summed E-state index contributed by atoms with van der Waals surface area (Å²) in [6, 6.07) is 13.3. The maximum Gasteiger partial charge on any atom is 0.328 e. The van der Waals surface area contributed by atoms with Crippen LogP contribution >= 0.6 is 0 Å².